The van der Waals surface area contributed by atoms with Crippen molar-refractivity contribution in [3.05, 3.63) is 224 Å². The van der Waals surface area contributed by atoms with Crippen LogP contribution in [0.3, 0.4) is 0 Å². The fraction of sp³-hybridized carbons (Fsp3) is 0.179. The summed E-state index contributed by atoms with van der Waals surface area (Å²) in [4.78, 5) is -0.180. The van der Waals surface area contributed by atoms with Gasteiger partial charge in [-0.15, -0.1) is 0 Å². The molecule has 6 heteroatoms. The van der Waals surface area contributed by atoms with E-state index in [2.05, 4.69) is 182 Å². The summed E-state index contributed by atoms with van der Waals surface area (Å²) in [5.74, 6) is 0. The zero-order chi connectivity index (χ0) is 43.1. The fourth-order valence-corrected chi connectivity index (χ4v) is 18.2. The summed E-state index contributed by atoms with van der Waals surface area (Å²) in [5, 5.41) is 10.7. The van der Waals surface area contributed by atoms with Gasteiger partial charge in [0.15, 0.2) is 0 Å². The highest BCUT2D eigenvalue weighted by molar-refractivity contribution is 7.96. The van der Waals surface area contributed by atoms with Gasteiger partial charge < -0.3 is 4.55 Å². The van der Waals surface area contributed by atoms with E-state index in [1.807, 2.05) is 25.1 Å². The highest BCUT2D eigenvalue weighted by Crippen LogP contribution is 2.57. The van der Waals surface area contributed by atoms with E-state index in [4.69, 9.17) is 0 Å². The topological polar surface area (TPSA) is 57.2 Å². The highest BCUT2D eigenvalue weighted by atomic mass is 32.2. The van der Waals surface area contributed by atoms with Crippen LogP contribution < -0.4 is 31.8 Å². The lowest BCUT2D eigenvalue weighted by Gasteiger charge is -2.28. The third kappa shape index (κ3) is 10.9. The second-order valence-corrected chi connectivity index (χ2v) is 24.6. The molecule has 0 N–H and O–H groups in total. The Bertz CT molecular complexity index is 2350. The molecule has 0 atom stereocenters. The molecular weight excluding hydrogens is 815 g/mol. The lowest BCUT2D eigenvalue weighted by Crippen LogP contribution is -2.33. The van der Waals surface area contributed by atoms with E-state index in [0.717, 1.165) is 16.3 Å². The molecule has 0 heterocycles. The Morgan fingerprint density at radius 2 is 0.645 bits per heavy atom. The Kier molecular flexibility index (Phi) is 15.7. The van der Waals surface area contributed by atoms with Gasteiger partial charge in [0.2, 0.25) is 0 Å². The van der Waals surface area contributed by atoms with E-state index in [1.54, 1.807) is 6.07 Å². The Labute approximate surface area is 371 Å². The van der Waals surface area contributed by atoms with Crippen molar-refractivity contribution in [1.82, 2.24) is 0 Å². The lowest BCUT2D eigenvalue weighted by atomic mass is 10.1. The van der Waals surface area contributed by atoms with Crippen molar-refractivity contribution < 1.29 is 13.0 Å². The smallest absolute Gasteiger partial charge is 0.124 e. The summed E-state index contributed by atoms with van der Waals surface area (Å²) in [5.41, 5.74) is 1.03. The van der Waals surface area contributed by atoms with Crippen LogP contribution in [-0.2, 0) is 10.1 Å². The molecule has 0 aliphatic heterocycles. The summed E-state index contributed by atoms with van der Waals surface area (Å²) in [6.07, 6.45) is 11.5. The molecule has 0 saturated heterocycles. The normalized spacial score (nSPS) is 11.8. The summed E-state index contributed by atoms with van der Waals surface area (Å²) < 4.78 is 32.4. The third-order valence-electron chi connectivity index (χ3n) is 11.9. The number of hydrogen-bond acceptors (Lipinski definition) is 3. The van der Waals surface area contributed by atoms with Crippen molar-refractivity contribution in [3.63, 3.8) is 0 Å². The average molecular weight is 872 g/mol. The first kappa shape index (κ1) is 44.8. The third-order valence-corrected chi connectivity index (χ3v) is 21.8. The SMILES string of the molecule is Cc1ccc2ccc(S(=O)(=O)[O-])cc2c1.c1ccc([P+](CCCCCCCCC[P+](c2ccccc2)(c2ccccc2)c2ccccc2)(c2ccccc2)c2ccccc2)cc1. The summed E-state index contributed by atoms with van der Waals surface area (Å²) in [6, 6.07) is 78.1. The molecule has 0 radical (unpaired) electrons. The zero-order valence-corrected chi connectivity index (χ0v) is 38.3. The molecule has 0 bridgehead atoms. The number of unbranched alkanes of at least 4 members (excludes halogenated alkanes) is 6. The van der Waals surface area contributed by atoms with Gasteiger partial charge in [0.05, 0.1) is 17.2 Å². The van der Waals surface area contributed by atoms with E-state index in [1.165, 1.54) is 101 Å². The van der Waals surface area contributed by atoms with E-state index in [0.29, 0.717) is 0 Å². The van der Waals surface area contributed by atoms with E-state index < -0.39 is 24.6 Å². The molecule has 8 rings (SSSR count). The molecule has 0 fully saturated rings. The Hall–Kier alpha value is -5.21. The Balaban J connectivity index is 0.000000324. The number of aryl methyl sites for hydroxylation is 1. The van der Waals surface area contributed by atoms with Crippen LogP contribution in [-0.4, -0.2) is 25.3 Å². The first-order chi connectivity index (χ1) is 30.3. The molecule has 0 spiro atoms. The molecule has 0 aliphatic rings. The van der Waals surface area contributed by atoms with Gasteiger partial charge in [-0.3, -0.25) is 0 Å². The van der Waals surface area contributed by atoms with Crippen molar-refractivity contribution >= 4 is 67.2 Å². The van der Waals surface area contributed by atoms with E-state index in [-0.39, 0.29) is 4.90 Å². The molecule has 0 unspecified atom stereocenters. The van der Waals surface area contributed by atoms with Crippen LogP contribution in [0.25, 0.3) is 10.8 Å². The van der Waals surface area contributed by atoms with Crippen LogP contribution in [0.5, 0.6) is 0 Å². The summed E-state index contributed by atoms with van der Waals surface area (Å²) in [6.45, 7) is 1.91. The molecule has 8 aromatic rings. The number of benzene rings is 8. The van der Waals surface area contributed by atoms with Crippen LogP contribution in [0.4, 0.5) is 0 Å². The molecular formula is C56H57O3P2S+. The molecule has 8 aromatic carbocycles. The molecule has 0 aliphatic carbocycles. The monoisotopic (exact) mass is 871 g/mol. The van der Waals surface area contributed by atoms with Crippen LogP contribution in [0.15, 0.2) is 223 Å². The maximum absolute atomic E-state index is 10.8. The molecule has 62 heavy (non-hydrogen) atoms. The van der Waals surface area contributed by atoms with Gasteiger partial charge in [-0.05, 0) is 128 Å². The van der Waals surface area contributed by atoms with Crippen molar-refractivity contribution in [2.45, 2.75) is 56.8 Å². The minimum atomic E-state index is -4.36. The number of fused-ring (bicyclic) bond motifs is 1. The van der Waals surface area contributed by atoms with Gasteiger partial charge in [0.1, 0.15) is 56.5 Å². The zero-order valence-electron chi connectivity index (χ0n) is 35.7. The second-order valence-electron chi connectivity index (χ2n) is 16.0. The highest BCUT2D eigenvalue weighted by Gasteiger charge is 2.45. The predicted molar refractivity (Wildman–Crippen MR) is 269 cm³/mol. The maximum atomic E-state index is 10.8. The number of rotatable bonds is 17. The summed E-state index contributed by atoms with van der Waals surface area (Å²) >= 11 is 0. The van der Waals surface area contributed by atoms with E-state index >= 15 is 0 Å². The molecule has 0 saturated carbocycles. The molecule has 314 valence electrons. The Morgan fingerprint density at radius 3 is 0.952 bits per heavy atom. The van der Waals surface area contributed by atoms with Crippen molar-refractivity contribution in [1.29, 1.82) is 0 Å². The van der Waals surface area contributed by atoms with Crippen LogP contribution >= 0.6 is 14.5 Å². The molecule has 3 nitrogen and oxygen atoms in total. The van der Waals surface area contributed by atoms with Gasteiger partial charge >= 0.3 is 0 Å². The van der Waals surface area contributed by atoms with Gasteiger partial charge in [0, 0.05) is 0 Å². The molecule has 0 amide bonds. The maximum Gasteiger partial charge on any atom is 0.124 e. The van der Waals surface area contributed by atoms with Crippen molar-refractivity contribution in [3.8, 4) is 0 Å². The van der Waals surface area contributed by atoms with Crippen molar-refractivity contribution in [2.75, 3.05) is 12.3 Å². The van der Waals surface area contributed by atoms with Crippen molar-refractivity contribution in [2.24, 2.45) is 0 Å². The van der Waals surface area contributed by atoms with E-state index in [9.17, 15) is 13.0 Å². The first-order valence-electron chi connectivity index (χ1n) is 21.9. The standard InChI is InChI=1S/C45H48P2.C11H10O3S/c1(2-4-24-38-46(40-26-12-6-13-27-40,41-28-14-7-15-29-41)42-30-16-8-17-31-42)3-5-25-39-47(43-32-18-9-19-33-43,44-34-20-10-21-35-44)45-36-22-11-23-37-45;1-8-2-3-9-4-5-11(15(12,13)14)7-10(9)6-8/h6-23,26-37H,1-5,24-25,38-39H2;2-7H,1H3,(H,12,13,14)/q+2;/p-1. The van der Waals surface area contributed by atoms with Gasteiger partial charge in [-0.2, -0.15) is 0 Å². The quantitative estimate of drug-likeness (QED) is 0.0520. The van der Waals surface area contributed by atoms with Gasteiger partial charge in [0.25, 0.3) is 0 Å². The fourth-order valence-electron chi connectivity index (χ4n) is 8.85. The number of hydrogen-bond donors (Lipinski definition) is 0. The Morgan fingerprint density at radius 1 is 0.355 bits per heavy atom. The van der Waals surface area contributed by atoms with Crippen LogP contribution in [0.2, 0.25) is 0 Å². The minimum absolute atomic E-state index is 0.180. The average Bonchev–Trinajstić information content (AvgIpc) is 3.32. The lowest BCUT2D eigenvalue weighted by molar-refractivity contribution is 0.463. The minimum Gasteiger partial charge on any atom is -0.744 e. The largest absolute Gasteiger partial charge is 0.744 e. The van der Waals surface area contributed by atoms with Gasteiger partial charge in [-0.25, -0.2) is 8.42 Å². The van der Waals surface area contributed by atoms with Crippen LogP contribution in [0, 0.1) is 6.92 Å². The van der Waals surface area contributed by atoms with Gasteiger partial charge in [-0.1, -0.05) is 158 Å². The second kappa shape index (κ2) is 21.7. The first-order valence-corrected chi connectivity index (χ1v) is 27.2. The molecule has 0 aromatic heterocycles. The predicted octanol–water partition coefficient (Wildman–Crippen LogP) is 11.8. The van der Waals surface area contributed by atoms with Crippen LogP contribution in [0.1, 0.15) is 50.5 Å². The summed E-state index contributed by atoms with van der Waals surface area (Å²) in [7, 11) is -7.80.